The number of oxazole rings is 1. The van der Waals surface area contributed by atoms with Crippen LogP contribution in [0.2, 0.25) is 0 Å². The van der Waals surface area contributed by atoms with Crippen molar-refractivity contribution in [2.24, 2.45) is 0 Å². The third kappa shape index (κ3) is 2.21. The standard InChI is InChI=1S/C11H10BrNO2/c1-2-14-10-6-4-3-5-8(10)9-7-15-11(12)13-9/h3-7H,2H2,1H3. The Morgan fingerprint density at radius 3 is 2.87 bits per heavy atom. The van der Waals surface area contributed by atoms with Gasteiger partial charge in [0.25, 0.3) is 4.80 Å². The molecule has 0 aliphatic rings. The van der Waals surface area contributed by atoms with Crippen LogP contribution in [0.3, 0.4) is 0 Å². The van der Waals surface area contributed by atoms with Crippen LogP contribution in [0.25, 0.3) is 11.3 Å². The number of benzene rings is 1. The van der Waals surface area contributed by atoms with E-state index in [2.05, 4.69) is 20.9 Å². The largest absolute Gasteiger partial charge is 0.493 e. The van der Waals surface area contributed by atoms with Crippen LogP contribution in [0.5, 0.6) is 5.75 Å². The summed E-state index contributed by atoms with van der Waals surface area (Å²) in [6.07, 6.45) is 1.60. The fourth-order valence-corrected chi connectivity index (χ4v) is 1.62. The fraction of sp³-hybridized carbons (Fsp3) is 0.182. The summed E-state index contributed by atoms with van der Waals surface area (Å²) < 4.78 is 10.6. The molecule has 0 spiro atoms. The molecule has 2 aromatic rings. The molecule has 0 aliphatic heterocycles. The first-order chi connectivity index (χ1) is 7.31. The molecule has 0 unspecified atom stereocenters. The van der Waals surface area contributed by atoms with Gasteiger partial charge in [0.15, 0.2) is 0 Å². The molecule has 0 bridgehead atoms. The lowest BCUT2D eigenvalue weighted by Crippen LogP contribution is -1.93. The topological polar surface area (TPSA) is 35.3 Å². The molecule has 0 amide bonds. The molecule has 0 radical (unpaired) electrons. The molecular formula is C11H10BrNO2. The predicted octanol–water partition coefficient (Wildman–Crippen LogP) is 3.50. The average Bonchev–Trinajstić information content (AvgIpc) is 2.66. The monoisotopic (exact) mass is 267 g/mol. The van der Waals surface area contributed by atoms with Crippen LogP contribution in [0.4, 0.5) is 0 Å². The Labute approximate surface area is 96.2 Å². The van der Waals surface area contributed by atoms with E-state index >= 15 is 0 Å². The number of ether oxygens (including phenoxy) is 1. The van der Waals surface area contributed by atoms with E-state index in [0.717, 1.165) is 17.0 Å². The van der Waals surface area contributed by atoms with E-state index < -0.39 is 0 Å². The summed E-state index contributed by atoms with van der Waals surface area (Å²) in [4.78, 5) is 4.67. The Morgan fingerprint density at radius 2 is 2.20 bits per heavy atom. The molecule has 0 saturated heterocycles. The quantitative estimate of drug-likeness (QED) is 0.854. The third-order valence-corrected chi connectivity index (χ3v) is 2.30. The lowest BCUT2D eigenvalue weighted by molar-refractivity contribution is 0.341. The highest BCUT2D eigenvalue weighted by atomic mass is 79.9. The smallest absolute Gasteiger partial charge is 0.264 e. The Balaban J connectivity index is 2.42. The van der Waals surface area contributed by atoms with Crippen LogP contribution in [0.15, 0.2) is 39.7 Å². The normalized spacial score (nSPS) is 10.3. The molecule has 78 valence electrons. The summed E-state index contributed by atoms with van der Waals surface area (Å²) in [7, 11) is 0. The summed E-state index contributed by atoms with van der Waals surface area (Å²) in [5.74, 6) is 0.820. The maximum atomic E-state index is 5.50. The summed E-state index contributed by atoms with van der Waals surface area (Å²) in [5, 5.41) is 0. The van der Waals surface area contributed by atoms with Crippen LogP contribution in [-0.2, 0) is 0 Å². The lowest BCUT2D eigenvalue weighted by Gasteiger charge is -2.06. The Bertz CT molecular complexity index is 453. The minimum absolute atomic E-state index is 0.476. The SMILES string of the molecule is CCOc1ccccc1-c1coc(Br)n1. The molecule has 0 fully saturated rings. The van der Waals surface area contributed by atoms with Gasteiger partial charge in [-0.1, -0.05) is 12.1 Å². The molecule has 15 heavy (non-hydrogen) atoms. The Kier molecular flexibility index (Phi) is 3.06. The first-order valence-electron chi connectivity index (χ1n) is 4.64. The van der Waals surface area contributed by atoms with Crippen LogP contribution in [-0.4, -0.2) is 11.6 Å². The summed E-state index contributed by atoms with van der Waals surface area (Å²) in [6.45, 7) is 2.59. The van der Waals surface area contributed by atoms with Gasteiger partial charge < -0.3 is 9.15 Å². The number of para-hydroxylation sites is 1. The Morgan fingerprint density at radius 1 is 1.40 bits per heavy atom. The lowest BCUT2D eigenvalue weighted by atomic mass is 10.1. The van der Waals surface area contributed by atoms with Crippen molar-refractivity contribution in [3.63, 3.8) is 0 Å². The van der Waals surface area contributed by atoms with Crippen molar-refractivity contribution < 1.29 is 9.15 Å². The second kappa shape index (κ2) is 4.49. The predicted molar refractivity (Wildman–Crippen MR) is 60.8 cm³/mol. The van der Waals surface area contributed by atoms with Crippen molar-refractivity contribution in [2.75, 3.05) is 6.61 Å². The molecular weight excluding hydrogens is 258 g/mol. The van der Waals surface area contributed by atoms with Crippen molar-refractivity contribution in [3.05, 3.63) is 35.3 Å². The molecule has 4 heteroatoms. The van der Waals surface area contributed by atoms with Gasteiger partial charge in [-0.2, -0.15) is 0 Å². The van der Waals surface area contributed by atoms with Gasteiger partial charge in [0.1, 0.15) is 17.7 Å². The second-order valence-electron chi connectivity index (χ2n) is 2.91. The van der Waals surface area contributed by atoms with E-state index in [9.17, 15) is 0 Å². The molecule has 0 saturated carbocycles. The summed E-state index contributed by atoms with van der Waals surface area (Å²) >= 11 is 3.17. The molecule has 0 aliphatic carbocycles. The van der Waals surface area contributed by atoms with Crippen molar-refractivity contribution in [1.82, 2.24) is 4.98 Å². The number of hydrogen-bond donors (Lipinski definition) is 0. The van der Waals surface area contributed by atoms with Gasteiger partial charge in [0, 0.05) is 21.5 Å². The minimum Gasteiger partial charge on any atom is -0.493 e. The van der Waals surface area contributed by atoms with Crippen molar-refractivity contribution >= 4 is 15.9 Å². The zero-order chi connectivity index (χ0) is 10.7. The van der Waals surface area contributed by atoms with Crippen molar-refractivity contribution in [3.8, 4) is 17.0 Å². The molecule has 3 nitrogen and oxygen atoms in total. The van der Waals surface area contributed by atoms with Crippen molar-refractivity contribution in [2.45, 2.75) is 6.92 Å². The first kappa shape index (κ1) is 10.2. The maximum Gasteiger partial charge on any atom is 0.264 e. The average molecular weight is 268 g/mol. The fourth-order valence-electron chi connectivity index (χ4n) is 1.34. The van der Waals surface area contributed by atoms with E-state index in [1.165, 1.54) is 0 Å². The first-order valence-corrected chi connectivity index (χ1v) is 5.43. The van der Waals surface area contributed by atoms with Gasteiger partial charge in [-0.05, 0) is 19.1 Å². The van der Waals surface area contributed by atoms with E-state index in [1.807, 2.05) is 31.2 Å². The number of hydrogen-bond acceptors (Lipinski definition) is 3. The maximum absolute atomic E-state index is 5.50. The van der Waals surface area contributed by atoms with Gasteiger partial charge in [0.2, 0.25) is 0 Å². The minimum atomic E-state index is 0.476. The van der Waals surface area contributed by atoms with E-state index in [1.54, 1.807) is 6.26 Å². The highest BCUT2D eigenvalue weighted by molar-refractivity contribution is 9.10. The molecule has 1 heterocycles. The van der Waals surface area contributed by atoms with Crippen LogP contribution in [0, 0.1) is 0 Å². The van der Waals surface area contributed by atoms with E-state index in [0.29, 0.717) is 11.4 Å². The van der Waals surface area contributed by atoms with Crippen LogP contribution >= 0.6 is 15.9 Å². The highest BCUT2D eigenvalue weighted by Crippen LogP contribution is 2.29. The zero-order valence-corrected chi connectivity index (χ0v) is 9.82. The highest BCUT2D eigenvalue weighted by Gasteiger charge is 2.09. The number of aromatic nitrogens is 1. The number of rotatable bonds is 3. The van der Waals surface area contributed by atoms with Gasteiger partial charge in [-0.15, -0.1) is 0 Å². The molecule has 2 rings (SSSR count). The van der Waals surface area contributed by atoms with Gasteiger partial charge >= 0.3 is 0 Å². The van der Waals surface area contributed by atoms with Gasteiger partial charge in [0.05, 0.1) is 6.61 Å². The third-order valence-electron chi connectivity index (χ3n) is 1.94. The zero-order valence-electron chi connectivity index (χ0n) is 8.24. The molecule has 0 N–H and O–H groups in total. The summed E-state index contributed by atoms with van der Waals surface area (Å²) in [6, 6.07) is 7.75. The Hall–Kier alpha value is -1.29. The summed E-state index contributed by atoms with van der Waals surface area (Å²) in [5.41, 5.74) is 1.71. The van der Waals surface area contributed by atoms with Gasteiger partial charge in [-0.25, -0.2) is 4.98 Å². The molecule has 0 atom stereocenters. The van der Waals surface area contributed by atoms with Crippen LogP contribution < -0.4 is 4.74 Å². The molecule has 1 aromatic carbocycles. The van der Waals surface area contributed by atoms with E-state index in [-0.39, 0.29) is 0 Å². The second-order valence-corrected chi connectivity index (χ2v) is 3.59. The number of nitrogens with zero attached hydrogens (tertiary/aromatic N) is 1. The van der Waals surface area contributed by atoms with Crippen molar-refractivity contribution in [1.29, 1.82) is 0 Å². The number of halogens is 1. The van der Waals surface area contributed by atoms with Crippen LogP contribution in [0.1, 0.15) is 6.92 Å². The molecule has 1 aromatic heterocycles. The van der Waals surface area contributed by atoms with E-state index in [4.69, 9.17) is 9.15 Å². The van der Waals surface area contributed by atoms with Gasteiger partial charge in [-0.3, -0.25) is 0 Å².